The van der Waals surface area contributed by atoms with E-state index in [0.717, 1.165) is 37.9 Å². The van der Waals surface area contributed by atoms with Crippen LogP contribution >= 0.6 is 0 Å². The third kappa shape index (κ3) is 3.71. The van der Waals surface area contributed by atoms with Crippen molar-refractivity contribution in [2.45, 2.75) is 25.4 Å². The maximum absolute atomic E-state index is 12.6. The fourth-order valence-electron chi connectivity index (χ4n) is 2.94. The lowest BCUT2D eigenvalue weighted by Gasteiger charge is -2.17. The summed E-state index contributed by atoms with van der Waals surface area (Å²) in [4.78, 5) is 13.9. The molecule has 126 valence electrons. The Labute approximate surface area is 132 Å². The molecule has 3 N–H and O–H groups in total. The first-order chi connectivity index (χ1) is 10.8. The Bertz CT molecular complexity index is 599. The van der Waals surface area contributed by atoms with Crippen LogP contribution in [0.5, 0.6) is 0 Å². The summed E-state index contributed by atoms with van der Waals surface area (Å²) in [5.41, 5.74) is 5.54. The number of carbonyl (C=O) groups is 1. The Balaban J connectivity index is 1.53. The number of rotatable bonds is 4. The lowest BCUT2D eigenvalue weighted by Crippen LogP contribution is -2.30. The second-order valence-electron chi connectivity index (χ2n) is 6.39. The van der Waals surface area contributed by atoms with Crippen LogP contribution in [0.2, 0.25) is 0 Å². The largest absolute Gasteiger partial charge is 0.416 e. The first-order valence-corrected chi connectivity index (χ1v) is 7.84. The van der Waals surface area contributed by atoms with Crippen LogP contribution in [-0.2, 0) is 11.0 Å². The van der Waals surface area contributed by atoms with Crippen LogP contribution < -0.4 is 11.1 Å². The molecule has 0 aromatic heterocycles. The maximum atomic E-state index is 12.6. The number of alkyl halides is 3. The van der Waals surface area contributed by atoms with Crippen molar-refractivity contribution in [1.82, 2.24) is 4.90 Å². The van der Waals surface area contributed by atoms with Gasteiger partial charge in [-0.05, 0) is 43.4 Å². The number of hydrogen-bond acceptors (Lipinski definition) is 3. The predicted molar refractivity (Wildman–Crippen MR) is 81.8 cm³/mol. The first-order valence-electron chi connectivity index (χ1n) is 7.84. The number of nitrogens with two attached hydrogens (primary N) is 1. The minimum Gasteiger partial charge on any atom is -0.397 e. The summed E-state index contributed by atoms with van der Waals surface area (Å²) in [5.74, 6) is 0.785. The normalized spacial score (nSPS) is 21.5. The summed E-state index contributed by atoms with van der Waals surface area (Å²) in [6.07, 6.45) is -1.48. The van der Waals surface area contributed by atoms with Gasteiger partial charge < -0.3 is 16.0 Å². The van der Waals surface area contributed by atoms with Crippen LogP contribution in [0.3, 0.4) is 0 Å². The zero-order valence-corrected chi connectivity index (χ0v) is 12.7. The number of benzene rings is 1. The lowest BCUT2D eigenvalue weighted by molar-refractivity contribution is -0.137. The fourth-order valence-corrected chi connectivity index (χ4v) is 2.94. The summed E-state index contributed by atoms with van der Waals surface area (Å²) >= 11 is 0. The average molecular weight is 327 g/mol. The highest BCUT2D eigenvalue weighted by molar-refractivity contribution is 5.81. The Hall–Kier alpha value is -1.92. The van der Waals surface area contributed by atoms with Gasteiger partial charge in [0.2, 0.25) is 5.91 Å². The Kier molecular flexibility index (Phi) is 4.12. The molecule has 1 aliphatic heterocycles. The van der Waals surface area contributed by atoms with Gasteiger partial charge in [0, 0.05) is 25.6 Å². The van der Waals surface area contributed by atoms with Crippen molar-refractivity contribution in [3.63, 3.8) is 0 Å². The number of nitrogens with zero attached hydrogens (tertiary/aromatic N) is 1. The number of likely N-dealkylation sites (tertiary alicyclic amines) is 1. The molecule has 3 rings (SSSR count). The average Bonchev–Trinajstić information content (AvgIpc) is 3.23. The SMILES string of the molecule is Nc1cc(C(F)(F)F)ccc1NCC1CCN(C(=O)C2CC2)C1. The molecule has 1 amide bonds. The van der Waals surface area contributed by atoms with Gasteiger partial charge in [0.1, 0.15) is 0 Å². The molecule has 1 heterocycles. The standard InChI is InChI=1S/C16H20F3N3O/c17-16(18,19)12-3-4-14(13(20)7-12)21-8-10-5-6-22(9-10)15(23)11-1-2-11/h3-4,7,10-11,21H,1-2,5-6,8-9,20H2. The van der Waals surface area contributed by atoms with E-state index in [-0.39, 0.29) is 17.5 Å². The van der Waals surface area contributed by atoms with Crippen molar-refractivity contribution in [1.29, 1.82) is 0 Å². The molecule has 1 saturated heterocycles. The molecule has 2 fully saturated rings. The molecule has 1 aromatic carbocycles. The van der Waals surface area contributed by atoms with E-state index in [1.807, 2.05) is 4.90 Å². The monoisotopic (exact) mass is 327 g/mol. The molecule has 1 unspecified atom stereocenters. The van der Waals surface area contributed by atoms with Gasteiger partial charge in [-0.15, -0.1) is 0 Å². The van der Waals surface area contributed by atoms with Crippen molar-refractivity contribution >= 4 is 17.3 Å². The zero-order valence-electron chi connectivity index (χ0n) is 12.7. The topological polar surface area (TPSA) is 58.4 Å². The highest BCUT2D eigenvalue weighted by Crippen LogP contribution is 2.34. The van der Waals surface area contributed by atoms with Crippen LogP contribution in [0.15, 0.2) is 18.2 Å². The zero-order chi connectivity index (χ0) is 16.6. The van der Waals surface area contributed by atoms with Crippen LogP contribution in [0, 0.1) is 11.8 Å². The molecule has 1 atom stereocenters. The molecule has 23 heavy (non-hydrogen) atoms. The Morgan fingerprint density at radius 3 is 2.65 bits per heavy atom. The quantitative estimate of drug-likeness (QED) is 0.836. The van der Waals surface area contributed by atoms with Crippen LogP contribution in [0.4, 0.5) is 24.5 Å². The van der Waals surface area contributed by atoms with E-state index in [2.05, 4.69) is 5.32 Å². The smallest absolute Gasteiger partial charge is 0.397 e. The van der Waals surface area contributed by atoms with Gasteiger partial charge in [-0.3, -0.25) is 4.79 Å². The van der Waals surface area contributed by atoms with Gasteiger partial charge in [0.25, 0.3) is 0 Å². The predicted octanol–water partition coefficient (Wildman–Crippen LogP) is 2.96. The molecular weight excluding hydrogens is 307 g/mol. The lowest BCUT2D eigenvalue weighted by atomic mass is 10.1. The third-order valence-electron chi connectivity index (χ3n) is 4.48. The summed E-state index contributed by atoms with van der Waals surface area (Å²) in [6.45, 7) is 2.08. The molecule has 1 aromatic rings. The molecule has 7 heteroatoms. The number of hydrogen-bond donors (Lipinski definition) is 2. The number of anilines is 2. The minimum atomic E-state index is -4.39. The fraction of sp³-hybridized carbons (Fsp3) is 0.562. The van der Waals surface area contributed by atoms with Gasteiger partial charge >= 0.3 is 6.18 Å². The molecule has 1 saturated carbocycles. The van der Waals surface area contributed by atoms with Crippen molar-refractivity contribution in [2.24, 2.45) is 11.8 Å². The van der Waals surface area contributed by atoms with E-state index >= 15 is 0 Å². The highest BCUT2D eigenvalue weighted by Gasteiger charge is 2.36. The molecular formula is C16H20F3N3O. The first kappa shape index (κ1) is 16.0. The van der Waals surface area contributed by atoms with Crippen molar-refractivity contribution in [2.75, 3.05) is 30.7 Å². The molecule has 2 aliphatic rings. The second kappa shape index (κ2) is 5.94. The Morgan fingerprint density at radius 1 is 1.30 bits per heavy atom. The van der Waals surface area contributed by atoms with E-state index in [4.69, 9.17) is 5.73 Å². The summed E-state index contributed by atoms with van der Waals surface area (Å²) in [5, 5.41) is 3.11. The number of carbonyl (C=O) groups excluding carboxylic acids is 1. The van der Waals surface area contributed by atoms with E-state index in [1.165, 1.54) is 6.07 Å². The molecule has 0 spiro atoms. The van der Waals surface area contributed by atoms with Gasteiger partial charge in [0.05, 0.1) is 16.9 Å². The summed E-state index contributed by atoms with van der Waals surface area (Å²) in [6, 6.07) is 3.33. The second-order valence-corrected chi connectivity index (χ2v) is 6.39. The van der Waals surface area contributed by atoms with E-state index in [1.54, 1.807) is 0 Å². The minimum absolute atomic E-state index is 0.0868. The summed E-state index contributed by atoms with van der Waals surface area (Å²) < 4.78 is 37.8. The van der Waals surface area contributed by atoms with Crippen molar-refractivity contribution < 1.29 is 18.0 Å². The number of halogens is 3. The van der Waals surface area contributed by atoms with Crippen molar-refractivity contribution in [3.05, 3.63) is 23.8 Å². The van der Waals surface area contributed by atoms with Gasteiger partial charge in [-0.25, -0.2) is 0 Å². The third-order valence-corrected chi connectivity index (χ3v) is 4.48. The summed E-state index contributed by atoms with van der Waals surface area (Å²) in [7, 11) is 0. The Morgan fingerprint density at radius 2 is 2.04 bits per heavy atom. The van der Waals surface area contributed by atoms with Gasteiger partial charge in [-0.2, -0.15) is 13.2 Å². The van der Waals surface area contributed by atoms with E-state index in [9.17, 15) is 18.0 Å². The number of nitrogen functional groups attached to an aromatic ring is 1. The van der Waals surface area contributed by atoms with E-state index in [0.29, 0.717) is 24.7 Å². The molecule has 4 nitrogen and oxygen atoms in total. The highest BCUT2D eigenvalue weighted by atomic mass is 19.4. The number of nitrogens with one attached hydrogen (secondary N) is 1. The number of amides is 1. The molecule has 0 radical (unpaired) electrons. The van der Waals surface area contributed by atoms with Gasteiger partial charge in [0.15, 0.2) is 0 Å². The van der Waals surface area contributed by atoms with Gasteiger partial charge in [-0.1, -0.05) is 0 Å². The van der Waals surface area contributed by atoms with Crippen LogP contribution in [0.1, 0.15) is 24.8 Å². The van der Waals surface area contributed by atoms with Crippen molar-refractivity contribution in [3.8, 4) is 0 Å². The molecule has 0 bridgehead atoms. The van der Waals surface area contributed by atoms with Crippen LogP contribution in [-0.4, -0.2) is 30.4 Å². The van der Waals surface area contributed by atoms with E-state index < -0.39 is 11.7 Å². The van der Waals surface area contributed by atoms with Crippen LogP contribution in [0.25, 0.3) is 0 Å². The molecule has 1 aliphatic carbocycles. The maximum Gasteiger partial charge on any atom is 0.416 e.